The summed E-state index contributed by atoms with van der Waals surface area (Å²) in [6, 6.07) is 6.99. The van der Waals surface area contributed by atoms with Crippen molar-refractivity contribution in [3.8, 4) is 0 Å². The summed E-state index contributed by atoms with van der Waals surface area (Å²) in [6.07, 6.45) is 2.45. The monoisotopic (exact) mass is 350 g/mol. The third-order valence-electron chi connectivity index (χ3n) is 4.00. The van der Waals surface area contributed by atoms with Crippen molar-refractivity contribution in [3.63, 3.8) is 0 Å². The molecule has 1 fully saturated rings. The average molecular weight is 351 g/mol. The maximum atomic E-state index is 12.2. The topological polar surface area (TPSA) is 58.1 Å². The van der Waals surface area contributed by atoms with Gasteiger partial charge >= 0.3 is 0 Å². The van der Waals surface area contributed by atoms with Crippen LogP contribution in [0.4, 0.5) is 5.69 Å². The van der Waals surface area contributed by atoms with Crippen molar-refractivity contribution < 1.29 is 4.79 Å². The van der Waals surface area contributed by atoms with Crippen LogP contribution in [0.15, 0.2) is 24.3 Å². The van der Waals surface area contributed by atoms with Gasteiger partial charge in [-0.2, -0.15) is 0 Å². The molecule has 0 bridgehead atoms. The molecule has 1 N–H and O–H groups in total. The molecule has 23 heavy (non-hydrogen) atoms. The highest BCUT2D eigenvalue weighted by Crippen LogP contribution is 2.20. The average Bonchev–Trinajstić information content (AvgIpc) is 3.00. The van der Waals surface area contributed by atoms with Gasteiger partial charge in [-0.25, -0.2) is 0 Å². The van der Waals surface area contributed by atoms with Crippen LogP contribution in [0, 0.1) is 5.92 Å². The van der Waals surface area contributed by atoms with Crippen LogP contribution in [0.1, 0.15) is 34.6 Å². The van der Waals surface area contributed by atoms with E-state index in [1.807, 2.05) is 0 Å². The Bertz CT molecular complexity index is 665. The number of amides is 1. The number of nitrogens with one attached hydrogen (secondary N) is 1. The standard InChI is InChI=1S/C16H19ClN4OS/c1-11-6-8-21(9-7-11)10-14-19-20-16(23-14)15(22)18-13-4-2-12(17)3-5-13/h2-5,11H,6-10H2,1H3,(H,18,22). The smallest absolute Gasteiger partial charge is 0.286 e. The van der Waals surface area contributed by atoms with Crippen LogP contribution in [0.3, 0.4) is 0 Å². The highest BCUT2D eigenvalue weighted by molar-refractivity contribution is 7.13. The lowest BCUT2D eigenvalue weighted by Crippen LogP contribution is -2.32. The SMILES string of the molecule is CC1CCN(Cc2nnc(C(=O)Nc3ccc(Cl)cc3)s2)CC1. The van der Waals surface area contributed by atoms with Gasteiger partial charge in [-0.05, 0) is 56.1 Å². The number of piperidine rings is 1. The number of benzene rings is 1. The number of rotatable bonds is 4. The van der Waals surface area contributed by atoms with E-state index in [-0.39, 0.29) is 5.91 Å². The van der Waals surface area contributed by atoms with Crippen LogP contribution in [-0.2, 0) is 6.54 Å². The fourth-order valence-electron chi connectivity index (χ4n) is 2.54. The van der Waals surface area contributed by atoms with Crippen molar-refractivity contribution in [1.82, 2.24) is 15.1 Å². The fourth-order valence-corrected chi connectivity index (χ4v) is 3.44. The molecule has 7 heteroatoms. The quantitative estimate of drug-likeness (QED) is 0.913. The van der Waals surface area contributed by atoms with E-state index in [2.05, 4.69) is 27.3 Å². The molecule has 2 heterocycles. The molecule has 1 aliphatic rings. The van der Waals surface area contributed by atoms with E-state index in [0.29, 0.717) is 15.7 Å². The minimum atomic E-state index is -0.233. The predicted octanol–water partition coefficient (Wildman–Crippen LogP) is 3.68. The Morgan fingerprint density at radius 1 is 1.30 bits per heavy atom. The lowest BCUT2D eigenvalue weighted by molar-refractivity contribution is 0.102. The van der Waals surface area contributed by atoms with E-state index < -0.39 is 0 Å². The Balaban J connectivity index is 1.57. The van der Waals surface area contributed by atoms with Crippen LogP contribution in [-0.4, -0.2) is 34.1 Å². The van der Waals surface area contributed by atoms with E-state index in [1.165, 1.54) is 24.2 Å². The van der Waals surface area contributed by atoms with Gasteiger partial charge in [0.1, 0.15) is 5.01 Å². The molecular formula is C16H19ClN4OS. The maximum absolute atomic E-state index is 12.2. The van der Waals surface area contributed by atoms with E-state index in [1.54, 1.807) is 24.3 Å². The molecule has 0 unspecified atom stereocenters. The zero-order chi connectivity index (χ0) is 16.2. The molecule has 3 rings (SSSR count). The molecule has 0 spiro atoms. The summed E-state index contributed by atoms with van der Waals surface area (Å²) >= 11 is 7.19. The van der Waals surface area contributed by atoms with Crippen LogP contribution in [0.5, 0.6) is 0 Å². The number of aromatic nitrogens is 2. The third kappa shape index (κ3) is 4.50. The number of likely N-dealkylation sites (tertiary alicyclic amines) is 1. The normalized spacial score (nSPS) is 16.4. The van der Waals surface area contributed by atoms with Crippen molar-refractivity contribution in [2.75, 3.05) is 18.4 Å². The van der Waals surface area contributed by atoms with Crippen molar-refractivity contribution >= 4 is 34.5 Å². The van der Waals surface area contributed by atoms with Gasteiger partial charge in [-0.3, -0.25) is 9.69 Å². The van der Waals surface area contributed by atoms with Crippen LogP contribution >= 0.6 is 22.9 Å². The molecule has 0 saturated carbocycles. The van der Waals surface area contributed by atoms with Crippen molar-refractivity contribution in [1.29, 1.82) is 0 Å². The molecule has 122 valence electrons. The number of carbonyl (C=O) groups excluding carboxylic acids is 1. The molecule has 0 radical (unpaired) electrons. The first-order chi connectivity index (χ1) is 11.1. The Morgan fingerprint density at radius 2 is 2.00 bits per heavy atom. The molecule has 1 aromatic heterocycles. The zero-order valence-corrected chi connectivity index (χ0v) is 14.5. The third-order valence-corrected chi connectivity index (χ3v) is 5.16. The lowest BCUT2D eigenvalue weighted by atomic mass is 9.99. The highest BCUT2D eigenvalue weighted by Gasteiger charge is 2.19. The van der Waals surface area contributed by atoms with Crippen molar-refractivity contribution in [3.05, 3.63) is 39.3 Å². The van der Waals surface area contributed by atoms with E-state index in [0.717, 1.165) is 30.6 Å². The Hall–Kier alpha value is -1.50. The molecule has 1 aliphatic heterocycles. The van der Waals surface area contributed by atoms with Gasteiger partial charge in [-0.1, -0.05) is 29.9 Å². The number of hydrogen-bond donors (Lipinski definition) is 1. The Morgan fingerprint density at radius 3 is 2.70 bits per heavy atom. The van der Waals surface area contributed by atoms with Crippen LogP contribution in [0.25, 0.3) is 0 Å². The lowest BCUT2D eigenvalue weighted by Gasteiger charge is -2.29. The van der Waals surface area contributed by atoms with E-state index in [4.69, 9.17) is 11.6 Å². The van der Waals surface area contributed by atoms with Crippen LogP contribution < -0.4 is 5.32 Å². The van der Waals surface area contributed by atoms with E-state index >= 15 is 0 Å². The molecule has 0 atom stereocenters. The molecule has 2 aromatic rings. The number of anilines is 1. The summed E-state index contributed by atoms with van der Waals surface area (Å²) in [5.74, 6) is 0.574. The summed E-state index contributed by atoms with van der Waals surface area (Å²) in [4.78, 5) is 14.6. The van der Waals surface area contributed by atoms with Gasteiger partial charge in [0, 0.05) is 10.7 Å². The molecule has 5 nitrogen and oxygen atoms in total. The summed E-state index contributed by atoms with van der Waals surface area (Å²) in [5, 5.41) is 12.9. The van der Waals surface area contributed by atoms with Gasteiger partial charge in [0.05, 0.1) is 6.54 Å². The minimum absolute atomic E-state index is 0.233. The van der Waals surface area contributed by atoms with Gasteiger partial charge in [-0.15, -0.1) is 10.2 Å². The zero-order valence-electron chi connectivity index (χ0n) is 13.0. The predicted molar refractivity (Wildman–Crippen MR) is 93.0 cm³/mol. The van der Waals surface area contributed by atoms with E-state index in [9.17, 15) is 4.79 Å². The number of halogens is 1. The number of carbonyl (C=O) groups is 1. The molecule has 1 saturated heterocycles. The molecular weight excluding hydrogens is 332 g/mol. The molecule has 1 amide bonds. The van der Waals surface area contributed by atoms with Crippen LogP contribution in [0.2, 0.25) is 5.02 Å². The largest absolute Gasteiger partial charge is 0.320 e. The second-order valence-corrected chi connectivity index (χ2v) is 7.42. The summed E-state index contributed by atoms with van der Waals surface area (Å²) in [7, 11) is 0. The first-order valence-electron chi connectivity index (χ1n) is 7.72. The second kappa shape index (κ2) is 7.38. The summed E-state index contributed by atoms with van der Waals surface area (Å²) in [5.41, 5.74) is 0.696. The number of hydrogen-bond acceptors (Lipinski definition) is 5. The van der Waals surface area contributed by atoms with Gasteiger partial charge in [0.2, 0.25) is 5.01 Å². The molecule has 0 aliphatic carbocycles. The Kier molecular flexibility index (Phi) is 5.25. The first kappa shape index (κ1) is 16.4. The van der Waals surface area contributed by atoms with Crippen molar-refractivity contribution in [2.24, 2.45) is 5.92 Å². The molecule has 1 aromatic carbocycles. The number of nitrogens with zero attached hydrogens (tertiary/aromatic N) is 3. The van der Waals surface area contributed by atoms with Gasteiger partial charge < -0.3 is 5.32 Å². The summed E-state index contributed by atoms with van der Waals surface area (Å²) in [6.45, 7) is 5.25. The van der Waals surface area contributed by atoms with Gasteiger partial charge in [0.25, 0.3) is 5.91 Å². The fraction of sp³-hybridized carbons (Fsp3) is 0.438. The highest BCUT2D eigenvalue weighted by atomic mass is 35.5. The second-order valence-electron chi connectivity index (χ2n) is 5.92. The van der Waals surface area contributed by atoms with Gasteiger partial charge in [0.15, 0.2) is 0 Å². The summed E-state index contributed by atoms with van der Waals surface area (Å²) < 4.78 is 0. The minimum Gasteiger partial charge on any atom is -0.320 e. The van der Waals surface area contributed by atoms with Crippen molar-refractivity contribution in [2.45, 2.75) is 26.3 Å². The maximum Gasteiger partial charge on any atom is 0.286 e. The Labute approximate surface area is 144 Å². The first-order valence-corrected chi connectivity index (χ1v) is 8.91.